The van der Waals surface area contributed by atoms with Crippen LogP contribution in [0.5, 0.6) is 11.5 Å². The van der Waals surface area contributed by atoms with Crippen LogP contribution in [0.15, 0.2) is 72.8 Å². The molecular formula is C32H37NO4. The molecule has 2 aliphatic rings. The molecule has 0 radical (unpaired) electrons. The second kappa shape index (κ2) is 11.0. The summed E-state index contributed by atoms with van der Waals surface area (Å²) in [6, 6.07) is 23.5. The summed E-state index contributed by atoms with van der Waals surface area (Å²) in [5, 5.41) is 12.6. The molecular weight excluding hydrogens is 462 g/mol. The third-order valence-electron chi connectivity index (χ3n) is 8.05. The number of carbonyl (C=O) groups is 1. The number of methoxy groups -OCH3 is 1. The van der Waals surface area contributed by atoms with Crippen molar-refractivity contribution >= 4 is 5.91 Å². The van der Waals surface area contributed by atoms with Gasteiger partial charge in [-0.2, -0.15) is 0 Å². The van der Waals surface area contributed by atoms with Gasteiger partial charge in [0.2, 0.25) is 5.91 Å². The van der Waals surface area contributed by atoms with Crippen LogP contribution in [0.1, 0.15) is 73.6 Å². The number of unbranched alkanes of at least 4 members (excludes halogenated alkanes) is 2. The van der Waals surface area contributed by atoms with E-state index >= 15 is 0 Å². The number of hydrogen-bond donors (Lipinski definition) is 1. The van der Waals surface area contributed by atoms with Crippen molar-refractivity contribution in [1.82, 2.24) is 4.90 Å². The van der Waals surface area contributed by atoms with Gasteiger partial charge in [-0.1, -0.05) is 68.3 Å². The zero-order valence-electron chi connectivity index (χ0n) is 21.9. The Morgan fingerprint density at radius 3 is 2.51 bits per heavy atom. The van der Waals surface area contributed by atoms with Crippen LogP contribution in [0.3, 0.4) is 0 Å². The molecule has 5 heteroatoms. The quantitative estimate of drug-likeness (QED) is 0.357. The Morgan fingerprint density at radius 1 is 1.03 bits per heavy atom. The van der Waals surface area contributed by atoms with E-state index in [4.69, 9.17) is 9.47 Å². The Morgan fingerprint density at radius 2 is 1.78 bits per heavy atom. The molecule has 1 saturated heterocycles. The number of rotatable bonds is 9. The third-order valence-corrected chi connectivity index (χ3v) is 8.05. The van der Waals surface area contributed by atoms with Gasteiger partial charge in [-0.3, -0.25) is 4.79 Å². The standard InChI is InChI=1S/C32H37NO4/c1-3-4-6-11-31(34)33-19-18-24-20-30(33)32(35,25-12-14-26(36-2)15-13-25)29-17-16-27(21-28(24)29)37-22-23-9-7-5-8-10-23/h5,7-10,12-17,21,24,30,35H,3-4,6,11,18-20,22H2,1-2H3. The molecule has 3 aromatic rings. The normalized spacial score (nSPS) is 22.3. The molecule has 1 N–H and O–H groups in total. The second-order valence-corrected chi connectivity index (χ2v) is 10.3. The van der Waals surface area contributed by atoms with E-state index in [1.165, 1.54) is 0 Å². The van der Waals surface area contributed by atoms with E-state index in [1.54, 1.807) is 7.11 Å². The Bertz CT molecular complexity index is 1210. The van der Waals surface area contributed by atoms with Gasteiger partial charge in [0, 0.05) is 13.0 Å². The summed E-state index contributed by atoms with van der Waals surface area (Å²) in [4.78, 5) is 15.3. The first-order valence-corrected chi connectivity index (χ1v) is 13.5. The lowest BCUT2D eigenvalue weighted by atomic mass is 9.64. The highest BCUT2D eigenvalue weighted by molar-refractivity contribution is 5.77. The minimum atomic E-state index is -1.31. The van der Waals surface area contributed by atoms with Gasteiger partial charge in [-0.15, -0.1) is 0 Å². The number of benzene rings is 3. The maximum atomic E-state index is 13.4. The van der Waals surface area contributed by atoms with Crippen molar-refractivity contribution in [3.05, 3.63) is 95.1 Å². The molecule has 2 bridgehead atoms. The van der Waals surface area contributed by atoms with E-state index in [0.717, 1.165) is 65.9 Å². The van der Waals surface area contributed by atoms with E-state index in [-0.39, 0.29) is 17.9 Å². The zero-order chi connectivity index (χ0) is 25.8. The SMILES string of the molecule is CCCCCC(=O)N1CCC2CC1C(O)(c1ccc(OC)cc1)c1ccc(OCc3ccccc3)cc12. The fourth-order valence-corrected chi connectivity index (χ4v) is 6.04. The van der Waals surface area contributed by atoms with Gasteiger partial charge in [0.25, 0.3) is 0 Å². The number of nitrogens with zero attached hydrogens (tertiary/aromatic N) is 1. The maximum Gasteiger partial charge on any atom is 0.222 e. The number of piperidine rings is 1. The van der Waals surface area contributed by atoms with Crippen molar-refractivity contribution in [3.63, 3.8) is 0 Å². The van der Waals surface area contributed by atoms with Crippen molar-refractivity contribution in [2.45, 2.75) is 69.6 Å². The predicted molar refractivity (Wildman–Crippen MR) is 145 cm³/mol. The highest BCUT2D eigenvalue weighted by Gasteiger charge is 2.52. The minimum absolute atomic E-state index is 0.148. The summed E-state index contributed by atoms with van der Waals surface area (Å²) < 4.78 is 11.5. The number of ether oxygens (including phenoxy) is 2. The molecule has 1 heterocycles. The summed E-state index contributed by atoms with van der Waals surface area (Å²) in [5.41, 5.74) is 2.58. The molecule has 1 aliphatic heterocycles. The van der Waals surface area contributed by atoms with Gasteiger partial charge in [0.15, 0.2) is 0 Å². The van der Waals surface area contributed by atoms with Crippen molar-refractivity contribution in [1.29, 1.82) is 0 Å². The van der Waals surface area contributed by atoms with Crippen LogP contribution in [0.2, 0.25) is 0 Å². The highest BCUT2D eigenvalue weighted by Crippen LogP contribution is 2.52. The molecule has 1 fully saturated rings. The lowest BCUT2D eigenvalue weighted by Crippen LogP contribution is -2.59. The van der Waals surface area contributed by atoms with Crippen molar-refractivity contribution in [2.75, 3.05) is 13.7 Å². The lowest BCUT2D eigenvalue weighted by Gasteiger charge is -2.53. The molecule has 5 nitrogen and oxygen atoms in total. The lowest BCUT2D eigenvalue weighted by molar-refractivity contribution is -0.144. The number of aliphatic hydroxyl groups is 1. The molecule has 1 amide bonds. The number of hydrogen-bond acceptors (Lipinski definition) is 4. The molecule has 0 aromatic heterocycles. The average molecular weight is 500 g/mol. The minimum Gasteiger partial charge on any atom is -0.497 e. The Hall–Kier alpha value is -3.31. The smallest absolute Gasteiger partial charge is 0.222 e. The Labute approximate surface area is 220 Å². The van der Waals surface area contributed by atoms with Crippen LogP contribution in [-0.2, 0) is 17.0 Å². The molecule has 1 aliphatic carbocycles. The molecule has 194 valence electrons. The number of likely N-dealkylation sites (tertiary alicyclic amines) is 1. The van der Waals surface area contributed by atoms with Gasteiger partial charge >= 0.3 is 0 Å². The summed E-state index contributed by atoms with van der Waals surface area (Å²) >= 11 is 0. The first kappa shape index (κ1) is 25.3. The predicted octanol–water partition coefficient (Wildman–Crippen LogP) is 6.18. The summed E-state index contributed by atoms with van der Waals surface area (Å²) in [7, 11) is 1.64. The van der Waals surface area contributed by atoms with E-state index in [9.17, 15) is 9.90 Å². The van der Waals surface area contributed by atoms with Gasteiger partial charge in [-0.05, 0) is 71.7 Å². The van der Waals surface area contributed by atoms with E-state index in [2.05, 4.69) is 25.1 Å². The summed E-state index contributed by atoms with van der Waals surface area (Å²) in [6.07, 6.45) is 5.18. The van der Waals surface area contributed by atoms with Gasteiger partial charge < -0.3 is 19.5 Å². The number of carbonyl (C=O) groups excluding carboxylic acids is 1. The van der Waals surface area contributed by atoms with Crippen LogP contribution >= 0.6 is 0 Å². The summed E-state index contributed by atoms with van der Waals surface area (Å²) in [6.45, 7) is 3.30. The number of amides is 1. The average Bonchev–Trinajstić information content (AvgIpc) is 2.95. The molecule has 0 spiro atoms. The van der Waals surface area contributed by atoms with Crippen molar-refractivity contribution < 1.29 is 19.4 Å². The maximum absolute atomic E-state index is 13.4. The van der Waals surface area contributed by atoms with Crippen molar-refractivity contribution in [2.24, 2.45) is 0 Å². The fourth-order valence-electron chi connectivity index (χ4n) is 6.04. The van der Waals surface area contributed by atoms with Crippen LogP contribution in [-0.4, -0.2) is 35.6 Å². The van der Waals surface area contributed by atoms with E-state index in [0.29, 0.717) is 19.6 Å². The van der Waals surface area contributed by atoms with E-state index < -0.39 is 5.60 Å². The molecule has 5 rings (SSSR count). The van der Waals surface area contributed by atoms with Crippen LogP contribution in [0.25, 0.3) is 0 Å². The highest BCUT2D eigenvalue weighted by atomic mass is 16.5. The van der Waals surface area contributed by atoms with Gasteiger partial charge in [0.05, 0.1) is 13.2 Å². The topological polar surface area (TPSA) is 59.0 Å². The summed E-state index contributed by atoms with van der Waals surface area (Å²) in [5.74, 6) is 1.96. The molecule has 37 heavy (non-hydrogen) atoms. The fraction of sp³-hybridized carbons (Fsp3) is 0.406. The number of fused-ring (bicyclic) bond motifs is 4. The Kier molecular flexibility index (Phi) is 7.52. The first-order valence-electron chi connectivity index (χ1n) is 13.5. The largest absolute Gasteiger partial charge is 0.497 e. The van der Waals surface area contributed by atoms with Gasteiger partial charge in [0.1, 0.15) is 23.7 Å². The monoisotopic (exact) mass is 499 g/mol. The van der Waals surface area contributed by atoms with Crippen LogP contribution < -0.4 is 9.47 Å². The molecule has 3 aromatic carbocycles. The van der Waals surface area contributed by atoms with Crippen LogP contribution in [0.4, 0.5) is 0 Å². The molecule has 0 saturated carbocycles. The molecule has 3 atom stereocenters. The Balaban J connectivity index is 1.51. The van der Waals surface area contributed by atoms with E-state index in [1.807, 2.05) is 59.5 Å². The molecule has 3 unspecified atom stereocenters. The van der Waals surface area contributed by atoms with Crippen LogP contribution in [0, 0.1) is 0 Å². The zero-order valence-corrected chi connectivity index (χ0v) is 21.9. The first-order chi connectivity index (χ1) is 18.0. The van der Waals surface area contributed by atoms with Gasteiger partial charge in [-0.25, -0.2) is 0 Å². The van der Waals surface area contributed by atoms with Crippen molar-refractivity contribution in [3.8, 4) is 11.5 Å². The third kappa shape index (κ3) is 4.97. The second-order valence-electron chi connectivity index (χ2n) is 10.3.